The summed E-state index contributed by atoms with van der Waals surface area (Å²) >= 11 is 1.38. The third-order valence-corrected chi connectivity index (χ3v) is 4.18. The molecule has 0 saturated heterocycles. The van der Waals surface area contributed by atoms with Gasteiger partial charge < -0.3 is 9.88 Å². The van der Waals surface area contributed by atoms with Crippen molar-refractivity contribution in [2.45, 2.75) is 30.8 Å². The van der Waals surface area contributed by atoms with E-state index in [0.717, 1.165) is 16.5 Å². The van der Waals surface area contributed by atoms with Crippen LogP contribution in [0.2, 0.25) is 0 Å². The minimum Gasteiger partial charge on any atom is -0.344 e. The Balaban J connectivity index is 2.09. The van der Waals surface area contributed by atoms with Gasteiger partial charge in [0.15, 0.2) is 5.16 Å². The number of carbonyl (C=O) groups excluding carboxylic acids is 1. The highest BCUT2D eigenvalue weighted by molar-refractivity contribution is 8.00. The van der Waals surface area contributed by atoms with Gasteiger partial charge in [-0.3, -0.25) is 4.79 Å². The molecule has 0 saturated carbocycles. The number of aromatic nitrogens is 3. The van der Waals surface area contributed by atoms with Crippen LogP contribution in [0.4, 0.5) is 0 Å². The Morgan fingerprint density at radius 3 is 2.82 bits per heavy atom. The lowest BCUT2D eigenvalue weighted by molar-refractivity contribution is -0.120. The number of hydrogen-bond donors (Lipinski definition) is 1. The molecule has 114 valence electrons. The fourth-order valence-corrected chi connectivity index (χ4v) is 2.81. The number of nitrogens with one attached hydrogen (secondary N) is 1. The van der Waals surface area contributed by atoms with E-state index < -0.39 is 0 Å². The Morgan fingerprint density at radius 2 is 2.14 bits per heavy atom. The lowest BCUT2D eigenvalue weighted by atomic mass is 10.2. The molecule has 0 spiro atoms. The van der Waals surface area contributed by atoms with Crippen molar-refractivity contribution in [2.75, 3.05) is 6.54 Å². The highest BCUT2D eigenvalue weighted by atomic mass is 32.2. The minimum absolute atomic E-state index is 0.102. The van der Waals surface area contributed by atoms with E-state index in [9.17, 15) is 4.79 Å². The number of nitrogens with zero attached hydrogens (tertiary/aromatic N) is 3. The van der Waals surface area contributed by atoms with Crippen molar-refractivity contribution in [3.05, 3.63) is 41.7 Å². The summed E-state index contributed by atoms with van der Waals surface area (Å²) in [6.07, 6.45) is 5.14. The molecule has 1 aromatic heterocycles. The fourth-order valence-electron chi connectivity index (χ4n) is 1.89. The molecule has 0 radical (unpaired) electrons. The van der Waals surface area contributed by atoms with Crippen LogP contribution in [0.1, 0.15) is 18.3 Å². The van der Waals surface area contributed by atoms with Gasteiger partial charge in [-0.15, -0.1) is 16.6 Å². The first-order valence-corrected chi connectivity index (χ1v) is 7.81. The predicted molar refractivity (Wildman–Crippen MR) is 87.5 cm³/mol. The Morgan fingerprint density at radius 1 is 1.41 bits per heavy atom. The van der Waals surface area contributed by atoms with Crippen LogP contribution in [0.25, 0.3) is 0 Å². The van der Waals surface area contributed by atoms with Crippen LogP contribution in [-0.4, -0.2) is 32.5 Å². The van der Waals surface area contributed by atoms with Gasteiger partial charge >= 0.3 is 0 Å². The van der Waals surface area contributed by atoms with E-state index >= 15 is 0 Å². The Bertz CT molecular complexity index is 675. The van der Waals surface area contributed by atoms with Crippen LogP contribution >= 0.6 is 11.8 Å². The molecule has 0 aliphatic rings. The topological polar surface area (TPSA) is 59.8 Å². The van der Waals surface area contributed by atoms with Crippen molar-refractivity contribution in [3.63, 3.8) is 0 Å². The molecule has 1 amide bonds. The summed E-state index contributed by atoms with van der Waals surface area (Å²) in [7, 11) is 0. The summed E-state index contributed by atoms with van der Waals surface area (Å²) in [6, 6.07) is 10.1. The molecule has 5 nitrogen and oxygen atoms in total. The zero-order valence-corrected chi connectivity index (χ0v) is 13.4. The maximum atomic E-state index is 11.9. The number of hydrogen-bond acceptors (Lipinski definition) is 4. The van der Waals surface area contributed by atoms with Crippen molar-refractivity contribution in [3.8, 4) is 12.3 Å². The van der Waals surface area contributed by atoms with Crippen molar-refractivity contribution in [2.24, 2.45) is 0 Å². The van der Waals surface area contributed by atoms with Crippen LogP contribution in [-0.2, 0) is 11.3 Å². The highest BCUT2D eigenvalue weighted by Crippen LogP contribution is 2.23. The van der Waals surface area contributed by atoms with Crippen LogP contribution in [0.3, 0.4) is 0 Å². The van der Waals surface area contributed by atoms with E-state index in [4.69, 9.17) is 6.42 Å². The normalized spacial score (nSPS) is 11.7. The van der Waals surface area contributed by atoms with Crippen molar-refractivity contribution in [1.29, 1.82) is 0 Å². The standard InChI is InChI=1S/C16H18N4OS/c1-4-10-17-15(21)12(2)22-16-19-18-13(3)20(16)11-14-8-6-5-7-9-14/h1,5-9,12H,10-11H2,2-3H3,(H,17,21). The second-order valence-electron chi connectivity index (χ2n) is 4.78. The first-order chi connectivity index (χ1) is 10.6. The molecule has 2 aromatic rings. The largest absolute Gasteiger partial charge is 0.344 e. The van der Waals surface area contributed by atoms with Gasteiger partial charge in [0.05, 0.1) is 18.3 Å². The maximum Gasteiger partial charge on any atom is 0.234 e. The first-order valence-electron chi connectivity index (χ1n) is 6.93. The zero-order chi connectivity index (χ0) is 15.9. The van der Waals surface area contributed by atoms with E-state index in [0.29, 0.717) is 6.54 Å². The summed E-state index contributed by atoms with van der Waals surface area (Å²) in [5.41, 5.74) is 1.16. The predicted octanol–water partition coefficient (Wildman–Crippen LogP) is 1.86. The zero-order valence-electron chi connectivity index (χ0n) is 12.6. The average Bonchev–Trinajstić information content (AvgIpc) is 2.86. The number of rotatable bonds is 6. The van der Waals surface area contributed by atoms with Gasteiger partial charge in [-0.1, -0.05) is 48.0 Å². The summed E-state index contributed by atoms with van der Waals surface area (Å²) in [4.78, 5) is 11.9. The third-order valence-electron chi connectivity index (χ3n) is 3.10. The van der Waals surface area contributed by atoms with Gasteiger partial charge in [-0.25, -0.2) is 0 Å². The summed E-state index contributed by atoms with van der Waals surface area (Å²) < 4.78 is 2.00. The van der Waals surface area contributed by atoms with E-state index in [2.05, 4.69) is 33.6 Å². The Labute approximate surface area is 134 Å². The van der Waals surface area contributed by atoms with Crippen molar-refractivity contribution < 1.29 is 4.79 Å². The first kappa shape index (κ1) is 16.1. The molecule has 0 fully saturated rings. The van der Waals surface area contributed by atoms with E-state index in [1.807, 2.05) is 36.6 Å². The summed E-state index contributed by atoms with van der Waals surface area (Å²) in [5.74, 6) is 3.11. The van der Waals surface area contributed by atoms with Crippen LogP contribution < -0.4 is 5.32 Å². The smallest absolute Gasteiger partial charge is 0.234 e. The molecule has 6 heteroatoms. The number of aryl methyl sites for hydroxylation is 1. The summed E-state index contributed by atoms with van der Waals surface area (Å²) in [5, 5.41) is 11.4. The number of amides is 1. The second kappa shape index (κ2) is 7.66. The van der Waals surface area contributed by atoms with Crippen molar-refractivity contribution >= 4 is 17.7 Å². The van der Waals surface area contributed by atoms with E-state index in [-0.39, 0.29) is 17.7 Å². The molecule has 0 aliphatic carbocycles. The van der Waals surface area contributed by atoms with Crippen LogP contribution in [0.15, 0.2) is 35.5 Å². The maximum absolute atomic E-state index is 11.9. The molecule has 0 aliphatic heterocycles. The SMILES string of the molecule is C#CCNC(=O)C(C)Sc1nnc(C)n1Cc1ccccc1. The fraction of sp³-hybridized carbons (Fsp3) is 0.312. The molecule has 2 rings (SSSR count). The molecular weight excluding hydrogens is 296 g/mol. The number of terminal acetylenes is 1. The van der Waals surface area contributed by atoms with Gasteiger partial charge in [-0.05, 0) is 19.4 Å². The highest BCUT2D eigenvalue weighted by Gasteiger charge is 2.18. The molecule has 1 unspecified atom stereocenters. The van der Waals surface area contributed by atoms with Gasteiger partial charge in [0.2, 0.25) is 5.91 Å². The second-order valence-corrected chi connectivity index (χ2v) is 6.09. The Hall–Kier alpha value is -2.26. The quantitative estimate of drug-likeness (QED) is 0.653. The summed E-state index contributed by atoms with van der Waals surface area (Å²) in [6.45, 7) is 4.65. The average molecular weight is 314 g/mol. The number of benzene rings is 1. The molecule has 0 bridgehead atoms. The minimum atomic E-state index is -0.286. The lowest BCUT2D eigenvalue weighted by Crippen LogP contribution is -2.31. The molecular formula is C16H18N4OS. The molecule has 1 atom stereocenters. The van der Waals surface area contributed by atoms with Gasteiger partial charge in [0, 0.05) is 0 Å². The molecule has 1 heterocycles. The van der Waals surface area contributed by atoms with Crippen molar-refractivity contribution in [1.82, 2.24) is 20.1 Å². The van der Waals surface area contributed by atoms with Gasteiger partial charge in [-0.2, -0.15) is 0 Å². The lowest BCUT2D eigenvalue weighted by Gasteiger charge is -2.12. The van der Waals surface area contributed by atoms with Gasteiger partial charge in [0.1, 0.15) is 5.82 Å². The molecule has 1 aromatic carbocycles. The van der Waals surface area contributed by atoms with Crippen LogP contribution in [0.5, 0.6) is 0 Å². The number of thioether (sulfide) groups is 1. The van der Waals surface area contributed by atoms with Crippen LogP contribution in [0, 0.1) is 19.3 Å². The number of carbonyl (C=O) groups is 1. The van der Waals surface area contributed by atoms with Gasteiger partial charge in [0.25, 0.3) is 0 Å². The molecule has 22 heavy (non-hydrogen) atoms. The third kappa shape index (κ3) is 4.12. The Kier molecular flexibility index (Phi) is 5.61. The van der Waals surface area contributed by atoms with E-state index in [1.54, 1.807) is 0 Å². The van der Waals surface area contributed by atoms with E-state index in [1.165, 1.54) is 11.8 Å². The monoisotopic (exact) mass is 314 g/mol. The molecule has 1 N–H and O–H groups in total.